The predicted molar refractivity (Wildman–Crippen MR) is 85.4 cm³/mol. The van der Waals surface area contributed by atoms with E-state index in [4.69, 9.17) is 0 Å². The molecule has 1 unspecified atom stereocenters. The Hall–Kier alpha value is -1.06. The van der Waals surface area contributed by atoms with Gasteiger partial charge in [-0.2, -0.15) is 0 Å². The Balaban J connectivity index is 1.71. The van der Waals surface area contributed by atoms with Crippen LogP contribution in [0.5, 0.6) is 0 Å². The maximum absolute atomic E-state index is 3.33. The number of nitrogens with one attached hydrogen (secondary N) is 1. The minimum absolute atomic E-state index is 0.721. The van der Waals surface area contributed by atoms with Crippen molar-refractivity contribution < 1.29 is 0 Å². The lowest BCUT2D eigenvalue weighted by atomic mass is 9.99. The lowest BCUT2D eigenvalue weighted by Crippen LogP contribution is -2.36. The van der Waals surface area contributed by atoms with Crippen LogP contribution in [0.1, 0.15) is 30.4 Å². The topological polar surface area (TPSA) is 18.5 Å². The van der Waals surface area contributed by atoms with Crippen LogP contribution in [0.2, 0.25) is 0 Å². The second-order valence-electron chi connectivity index (χ2n) is 6.31. The summed E-state index contributed by atoms with van der Waals surface area (Å²) in [5.74, 6) is 0. The molecule has 20 heavy (non-hydrogen) atoms. The Bertz CT molecular complexity index is 458. The van der Waals surface area contributed by atoms with Gasteiger partial charge in [-0.25, -0.2) is 0 Å². The van der Waals surface area contributed by atoms with Crippen LogP contribution >= 0.6 is 0 Å². The van der Waals surface area contributed by atoms with Crippen molar-refractivity contribution in [2.45, 2.75) is 38.3 Å². The van der Waals surface area contributed by atoms with Crippen LogP contribution < -0.4 is 10.2 Å². The van der Waals surface area contributed by atoms with Gasteiger partial charge in [0.25, 0.3) is 0 Å². The van der Waals surface area contributed by atoms with E-state index in [0.717, 1.165) is 19.1 Å². The van der Waals surface area contributed by atoms with E-state index < -0.39 is 0 Å². The molecule has 0 aromatic heterocycles. The molecule has 0 bridgehead atoms. The maximum atomic E-state index is 3.33. The average molecular weight is 273 g/mol. The number of hydrogen-bond acceptors (Lipinski definition) is 3. The quantitative estimate of drug-likeness (QED) is 0.908. The molecular formula is C17H27N3. The normalized spacial score (nSPS) is 23.1. The monoisotopic (exact) mass is 273 g/mol. The van der Waals surface area contributed by atoms with E-state index in [0.29, 0.717) is 0 Å². The number of anilines is 1. The Labute approximate surface area is 123 Å². The molecule has 3 heteroatoms. The number of nitrogens with zero attached hydrogens (tertiary/aromatic N) is 2. The van der Waals surface area contributed by atoms with Gasteiger partial charge in [0.1, 0.15) is 0 Å². The van der Waals surface area contributed by atoms with Crippen LogP contribution in [0.4, 0.5) is 5.69 Å². The van der Waals surface area contributed by atoms with Gasteiger partial charge in [0.05, 0.1) is 0 Å². The zero-order valence-electron chi connectivity index (χ0n) is 12.9. The lowest BCUT2D eigenvalue weighted by molar-refractivity contribution is 0.242. The maximum Gasteiger partial charge on any atom is 0.0396 e. The Morgan fingerprint density at radius 2 is 2.15 bits per heavy atom. The van der Waals surface area contributed by atoms with Crippen molar-refractivity contribution >= 4 is 5.69 Å². The molecule has 2 aliphatic rings. The number of aryl methyl sites for hydroxylation is 1. The summed E-state index contributed by atoms with van der Waals surface area (Å²) >= 11 is 0. The Morgan fingerprint density at radius 1 is 1.25 bits per heavy atom. The van der Waals surface area contributed by atoms with Crippen LogP contribution in [-0.4, -0.2) is 44.7 Å². The third kappa shape index (κ3) is 2.84. The number of benzene rings is 1. The molecule has 3 nitrogen and oxygen atoms in total. The van der Waals surface area contributed by atoms with E-state index in [1.165, 1.54) is 50.0 Å². The van der Waals surface area contributed by atoms with Crippen LogP contribution in [0.3, 0.4) is 0 Å². The average Bonchev–Trinajstić information content (AvgIpc) is 2.87. The fraction of sp³-hybridized carbons (Fsp3) is 0.647. The zero-order chi connectivity index (χ0) is 13.9. The highest BCUT2D eigenvalue weighted by atomic mass is 15.2. The van der Waals surface area contributed by atoms with Gasteiger partial charge in [0.2, 0.25) is 0 Å². The number of likely N-dealkylation sites (N-methyl/N-ethyl adjacent to an activating group) is 1. The minimum atomic E-state index is 0.721. The lowest BCUT2D eigenvalue weighted by Gasteiger charge is -2.29. The molecule has 2 aliphatic heterocycles. The summed E-state index contributed by atoms with van der Waals surface area (Å²) in [6, 6.07) is 7.82. The molecule has 2 heterocycles. The van der Waals surface area contributed by atoms with E-state index in [-0.39, 0.29) is 0 Å². The van der Waals surface area contributed by atoms with Crippen LogP contribution in [-0.2, 0) is 13.0 Å². The molecule has 1 N–H and O–H groups in total. The molecule has 0 radical (unpaired) electrons. The first-order valence-corrected chi connectivity index (χ1v) is 7.99. The first kappa shape index (κ1) is 13.9. The van der Waals surface area contributed by atoms with E-state index in [1.54, 1.807) is 5.56 Å². The van der Waals surface area contributed by atoms with Gasteiger partial charge >= 0.3 is 0 Å². The van der Waals surface area contributed by atoms with Crippen LogP contribution in [0, 0.1) is 0 Å². The summed E-state index contributed by atoms with van der Waals surface area (Å²) in [5, 5.41) is 3.33. The SMILES string of the molecule is CNCC1CCCN1Cc1ccc2c(c1)CCCN2C. The van der Waals surface area contributed by atoms with Crippen molar-refractivity contribution in [2.75, 3.05) is 38.6 Å². The molecule has 0 spiro atoms. The summed E-state index contributed by atoms with van der Waals surface area (Å²) in [7, 11) is 4.27. The molecule has 0 saturated carbocycles. The van der Waals surface area contributed by atoms with E-state index >= 15 is 0 Å². The minimum Gasteiger partial charge on any atom is -0.374 e. The van der Waals surface area contributed by atoms with Gasteiger partial charge in [-0.1, -0.05) is 12.1 Å². The number of hydrogen-bond donors (Lipinski definition) is 1. The van der Waals surface area contributed by atoms with E-state index in [2.05, 4.69) is 47.4 Å². The molecule has 1 saturated heterocycles. The van der Waals surface area contributed by atoms with Gasteiger partial charge in [0.15, 0.2) is 0 Å². The highest BCUT2D eigenvalue weighted by Gasteiger charge is 2.24. The van der Waals surface area contributed by atoms with Crippen molar-refractivity contribution in [1.82, 2.24) is 10.2 Å². The number of fused-ring (bicyclic) bond motifs is 1. The predicted octanol–water partition coefficient (Wildman–Crippen LogP) is 2.25. The van der Waals surface area contributed by atoms with Crippen molar-refractivity contribution in [3.63, 3.8) is 0 Å². The smallest absolute Gasteiger partial charge is 0.0396 e. The van der Waals surface area contributed by atoms with Crippen molar-refractivity contribution in [1.29, 1.82) is 0 Å². The summed E-state index contributed by atoms with van der Waals surface area (Å²) in [6.07, 6.45) is 5.22. The number of likely N-dealkylation sites (tertiary alicyclic amines) is 1. The van der Waals surface area contributed by atoms with Crippen molar-refractivity contribution in [3.05, 3.63) is 29.3 Å². The summed E-state index contributed by atoms with van der Waals surface area (Å²) in [5.41, 5.74) is 4.47. The van der Waals surface area contributed by atoms with Gasteiger partial charge in [0, 0.05) is 38.4 Å². The standard InChI is InChI=1S/C17H27N3/c1-18-12-16-6-4-10-20(16)13-14-7-8-17-15(11-14)5-3-9-19(17)2/h7-8,11,16,18H,3-6,9-10,12-13H2,1-2H3. The molecule has 1 atom stereocenters. The van der Waals surface area contributed by atoms with E-state index in [1.807, 2.05) is 0 Å². The molecule has 1 aromatic rings. The zero-order valence-corrected chi connectivity index (χ0v) is 12.9. The highest BCUT2D eigenvalue weighted by Crippen LogP contribution is 2.28. The largest absolute Gasteiger partial charge is 0.374 e. The third-order valence-corrected chi connectivity index (χ3v) is 4.82. The van der Waals surface area contributed by atoms with Gasteiger partial charge in [-0.3, -0.25) is 4.90 Å². The number of rotatable bonds is 4. The first-order valence-electron chi connectivity index (χ1n) is 7.99. The molecular weight excluding hydrogens is 246 g/mol. The molecule has 0 aliphatic carbocycles. The van der Waals surface area contributed by atoms with Gasteiger partial charge < -0.3 is 10.2 Å². The Kier molecular flexibility index (Phi) is 4.27. The molecule has 1 fully saturated rings. The summed E-state index contributed by atoms with van der Waals surface area (Å²) in [6.45, 7) is 4.68. The molecule has 3 rings (SSSR count). The summed E-state index contributed by atoms with van der Waals surface area (Å²) in [4.78, 5) is 5.03. The second kappa shape index (κ2) is 6.15. The Morgan fingerprint density at radius 3 is 3.00 bits per heavy atom. The second-order valence-corrected chi connectivity index (χ2v) is 6.31. The molecule has 110 valence electrons. The van der Waals surface area contributed by atoms with Crippen LogP contribution in [0.25, 0.3) is 0 Å². The summed E-state index contributed by atoms with van der Waals surface area (Å²) < 4.78 is 0. The fourth-order valence-electron chi connectivity index (χ4n) is 3.74. The highest BCUT2D eigenvalue weighted by molar-refractivity contribution is 5.56. The fourth-order valence-corrected chi connectivity index (χ4v) is 3.74. The third-order valence-electron chi connectivity index (χ3n) is 4.82. The van der Waals surface area contributed by atoms with Gasteiger partial charge in [-0.15, -0.1) is 0 Å². The molecule has 1 aromatic carbocycles. The van der Waals surface area contributed by atoms with Crippen molar-refractivity contribution in [3.8, 4) is 0 Å². The first-order chi connectivity index (χ1) is 9.78. The van der Waals surface area contributed by atoms with Crippen molar-refractivity contribution in [2.24, 2.45) is 0 Å². The van der Waals surface area contributed by atoms with Gasteiger partial charge in [-0.05, 0) is 56.5 Å². The van der Waals surface area contributed by atoms with E-state index in [9.17, 15) is 0 Å². The molecule has 0 amide bonds. The van der Waals surface area contributed by atoms with Crippen LogP contribution in [0.15, 0.2) is 18.2 Å².